The molecule has 2 rings (SSSR count). The summed E-state index contributed by atoms with van der Waals surface area (Å²) in [7, 11) is 0. The van der Waals surface area contributed by atoms with Gasteiger partial charge in [-0.05, 0) is 11.5 Å². The molecule has 1 N–H and O–H groups in total. The Hall–Kier alpha value is -0.820. The van der Waals surface area contributed by atoms with Crippen LogP contribution in [0.25, 0.3) is 0 Å². The highest BCUT2D eigenvalue weighted by atomic mass is 16.3. The van der Waals surface area contributed by atoms with Crippen LogP contribution in [0, 0.1) is 5.92 Å². The molecule has 1 aliphatic rings. The van der Waals surface area contributed by atoms with Gasteiger partial charge in [-0.25, -0.2) is 0 Å². The van der Waals surface area contributed by atoms with Gasteiger partial charge < -0.3 is 5.11 Å². The lowest BCUT2D eigenvalue weighted by atomic mass is 10.2. The molecule has 0 unspecified atom stereocenters. The van der Waals surface area contributed by atoms with Crippen molar-refractivity contribution in [3.05, 3.63) is 35.9 Å². The highest BCUT2D eigenvalue weighted by molar-refractivity contribution is 5.12. The standard InChI is InChI=1S/C7H8O.C6H12/c8-6-7-4-2-1-3-5-7;1-6-4-2-3-5-6/h1-5,8H,6H2;6H,2-5H2,1H3. The summed E-state index contributed by atoms with van der Waals surface area (Å²) >= 11 is 0. The minimum atomic E-state index is 0.140. The average Bonchev–Trinajstić information content (AvgIpc) is 2.71. The number of rotatable bonds is 1. The number of hydrogen-bond donors (Lipinski definition) is 1. The van der Waals surface area contributed by atoms with Gasteiger partial charge in [0.1, 0.15) is 0 Å². The second-order valence-corrected chi connectivity index (χ2v) is 4.03. The van der Waals surface area contributed by atoms with Crippen molar-refractivity contribution in [2.24, 2.45) is 5.92 Å². The van der Waals surface area contributed by atoms with Gasteiger partial charge in [-0.1, -0.05) is 62.9 Å². The summed E-state index contributed by atoms with van der Waals surface area (Å²) < 4.78 is 0. The van der Waals surface area contributed by atoms with Crippen LogP contribution in [0.5, 0.6) is 0 Å². The van der Waals surface area contributed by atoms with E-state index in [1.165, 1.54) is 25.7 Å². The smallest absolute Gasteiger partial charge is 0.0681 e. The zero-order chi connectivity index (χ0) is 10.2. The molecular weight excluding hydrogens is 172 g/mol. The van der Waals surface area contributed by atoms with E-state index >= 15 is 0 Å². The van der Waals surface area contributed by atoms with Crippen LogP contribution in [0.15, 0.2) is 30.3 Å². The lowest BCUT2D eigenvalue weighted by Gasteiger charge is -1.91. The van der Waals surface area contributed by atoms with Crippen LogP contribution in [0.3, 0.4) is 0 Å². The second-order valence-electron chi connectivity index (χ2n) is 4.03. The van der Waals surface area contributed by atoms with Crippen LogP contribution >= 0.6 is 0 Å². The minimum absolute atomic E-state index is 0.140. The quantitative estimate of drug-likeness (QED) is 0.723. The van der Waals surface area contributed by atoms with Crippen LogP contribution in [0.4, 0.5) is 0 Å². The molecule has 0 spiro atoms. The fraction of sp³-hybridized carbons (Fsp3) is 0.538. The molecule has 1 aromatic rings. The van der Waals surface area contributed by atoms with Gasteiger partial charge in [-0.15, -0.1) is 0 Å². The summed E-state index contributed by atoms with van der Waals surface area (Å²) in [5.41, 5.74) is 0.965. The fourth-order valence-corrected chi connectivity index (χ4v) is 1.71. The molecule has 0 atom stereocenters. The minimum Gasteiger partial charge on any atom is -0.392 e. The summed E-state index contributed by atoms with van der Waals surface area (Å²) in [5.74, 6) is 1.05. The van der Waals surface area contributed by atoms with Crippen molar-refractivity contribution in [2.75, 3.05) is 0 Å². The summed E-state index contributed by atoms with van der Waals surface area (Å²) in [4.78, 5) is 0. The SMILES string of the molecule is CC1CCCC1.OCc1ccccc1. The highest BCUT2D eigenvalue weighted by Gasteiger charge is 2.07. The van der Waals surface area contributed by atoms with E-state index in [4.69, 9.17) is 5.11 Å². The summed E-state index contributed by atoms with van der Waals surface area (Å²) in [6, 6.07) is 9.52. The van der Waals surface area contributed by atoms with Crippen molar-refractivity contribution in [1.82, 2.24) is 0 Å². The molecule has 1 nitrogen and oxygen atoms in total. The molecular formula is C13H20O. The Morgan fingerprint density at radius 3 is 2.00 bits per heavy atom. The third-order valence-corrected chi connectivity index (χ3v) is 2.67. The molecule has 0 saturated heterocycles. The van der Waals surface area contributed by atoms with E-state index in [9.17, 15) is 0 Å². The topological polar surface area (TPSA) is 20.2 Å². The Bertz CT molecular complexity index is 224. The number of benzene rings is 1. The zero-order valence-corrected chi connectivity index (χ0v) is 8.95. The molecule has 1 aromatic carbocycles. The van der Waals surface area contributed by atoms with E-state index in [1.54, 1.807) is 0 Å². The highest BCUT2D eigenvalue weighted by Crippen LogP contribution is 2.22. The fourth-order valence-electron chi connectivity index (χ4n) is 1.71. The molecule has 0 bridgehead atoms. The van der Waals surface area contributed by atoms with Gasteiger partial charge in [0.05, 0.1) is 6.61 Å². The molecule has 14 heavy (non-hydrogen) atoms. The van der Waals surface area contributed by atoms with Gasteiger partial charge in [0.2, 0.25) is 0 Å². The first kappa shape index (κ1) is 11.3. The molecule has 0 aromatic heterocycles. The third-order valence-electron chi connectivity index (χ3n) is 2.67. The van der Waals surface area contributed by atoms with Crippen molar-refractivity contribution < 1.29 is 5.11 Å². The number of hydrogen-bond acceptors (Lipinski definition) is 1. The molecule has 1 aliphatic carbocycles. The summed E-state index contributed by atoms with van der Waals surface area (Å²) in [6.07, 6.45) is 5.95. The van der Waals surface area contributed by atoms with E-state index in [1.807, 2.05) is 30.3 Å². The van der Waals surface area contributed by atoms with Gasteiger partial charge in [0, 0.05) is 0 Å². The predicted octanol–water partition coefficient (Wildman–Crippen LogP) is 3.38. The normalized spacial score (nSPS) is 16.1. The van der Waals surface area contributed by atoms with Crippen LogP contribution in [0.2, 0.25) is 0 Å². The number of aliphatic hydroxyl groups excluding tert-OH is 1. The van der Waals surface area contributed by atoms with Gasteiger partial charge in [0.25, 0.3) is 0 Å². The maximum Gasteiger partial charge on any atom is 0.0681 e. The van der Waals surface area contributed by atoms with E-state index in [-0.39, 0.29) is 6.61 Å². The Morgan fingerprint density at radius 2 is 1.71 bits per heavy atom. The van der Waals surface area contributed by atoms with Gasteiger partial charge in [-0.3, -0.25) is 0 Å². The van der Waals surface area contributed by atoms with Crippen molar-refractivity contribution in [3.63, 3.8) is 0 Å². The summed E-state index contributed by atoms with van der Waals surface area (Å²) in [6.45, 7) is 2.48. The lowest BCUT2D eigenvalue weighted by Crippen LogP contribution is -1.78. The van der Waals surface area contributed by atoms with Crippen LogP contribution in [-0.2, 0) is 6.61 Å². The van der Waals surface area contributed by atoms with E-state index in [2.05, 4.69) is 6.92 Å². The maximum atomic E-state index is 8.54. The average molecular weight is 192 g/mol. The van der Waals surface area contributed by atoms with Crippen LogP contribution < -0.4 is 0 Å². The molecule has 0 heterocycles. The molecule has 1 heteroatoms. The number of aliphatic hydroxyl groups is 1. The largest absolute Gasteiger partial charge is 0.392 e. The molecule has 0 aliphatic heterocycles. The monoisotopic (exact) mass is 192 g/mol. The second kappa shape index (κ2) is 6.61. The van der Waals surface area contributed by atoms with Gasteiger partial charge >= 0.3 is 0 Å². The maximum absolute atomic E-state index is 8.54. The molecule has 78 valence electrons. The first-order valence-corrected chi connectivity index (χ1v) is 5.47. The van der Waals surface area contributed by atoms with Crippen molar-refractivity contribution in [2.45, 2.75) is 39.2 Å². The lowest BCUT2D eigenvalue weighted by molar-refractivity contribution is 0.282. The summed E-state index contributed by atoms with van der Waals surface area (Å²) in [5, 5.41) is 8.54. The Balaban J connectivity index is 0.000000146. The zero-order valence-electron chi connectivity index (χ0n) is 8.95. The van der Waals surface area contributed by atoms with Gasteiger partial charge in [-0.2, -0.15) is 0 Å². The van der Waals surface area contributed by atoms with Crippen molar-refractivity contribution in [3.8, 4) is 0 Å². The van der Waals surface area contributed by atoms with E-state index < -0.39 is 0 Å². The van der Waals surface area contributed by atoms with E-state index in [0.717, 1.165) is 11.5 Å². The van der Waals surface area contributed by atoms with Crippen molar-refractivity contribution >= 4 is 0 Å². The van der Waals surface area contributed by atoms with Crippen LogP contribution in [-0.4, -0.2) is 5.11 Å². The molecule has 1 saturated carbocycles. The molecule has 0 amide bonds. The molecule has 0 radical (unpaired) electrons. The Kier molecular flexibility index (Phi) is 5.31. The Labute approximate surface area is 86.8 Å². The molecule has 1 fully saturated rings. The first-order valence-electron chi connectivity index (χ1n) is 5.47. The third kappa shape index (κ3) is 4.43. The predicted molar refractivity (Wildman–Crippen MR) is 60.0 cm³/mol. The van der Waals surface area contributed by atoms with Crippen LogP contribution in [0.1, 0.15) is 38.2 Å². The first-order chi connectivity index (χ1) is 6.83. The van der Waals surface area contributed by atoms with E-state index in [0.29, 0.717) is 0 Å². The van der Waals surface area contributed by atoms with Gasteiger partial charge in [0.15, 0.2) is 0 Å². The Morgan fingerprint density at radius 1 is 1.14 bits per heavy atom. The van der Waals surface area contributed by atoms with Crippen molar-refractivity contribution in [1.29, 1.82) is 0 Å².